The summed E-state index contributed by atoms with van der Waals surface area (Å²) in [6.07, 6.45) is 4.10. The molecular formula is C20H20N4O2S. The number of hydrogen-bond acceptors (Lipinski definition) is 5. The summed E-state index contributed by atoms with van der Waals surface area (Å²) >= 11 is 1.51. The monoisotopic (exact) mass is 380 g/mol. The molecule has 1 aliphatic rings. The predicted octanol–water partition coefficient (Wildman–Crippen LogP) is 3.68. The van der Waals surface area contributed by atoms with Gasteiger partial charge in [0.15, 0.2) is 5.16 Å². The van der Waals surface area contributed by atoms with E-state index in [-0.39, 0.29) is 23.8 Å². The Kier molecular flexibility index (Phi) is 4.94. The molecule has 3 aromatic rings. The van der Waals surface area contributed by atoms with Crippen molar-refractivity contribution in [2.75, 3.05) is 11.1 Å². The number of rotatable bonds is 5. The van der Waals surface area contributed by atoms with Crippen LogP contribution in [0.3, 0.4) is 0 Å². The van der Waals surface area contributed by atoms with Crippen molar-refractivity contribution in [1.29, 1.82) is 0 Å². The number of carbonyl (C=O) groups excluding carboxylic acids is 1. The Hall–Kier alpha value is -2.67. The van der Waals surface area contributed by atoms with Gasteiger partial charge in [-0.1, -0.05) is 37.2 Å². The molecule has 138 valence electrons. The second-order valence-corrected chi connectivity index (χ2v) is 7.68. The number of anilines is 1. The maximum atomic E-state index is 12.8. The van der Waals surface area contributed by atoms with Gasteiger partial charge in [-0.05, 0) is 30.2 Å². The number of benzene rings is 1. The summed E-state index contributed by atoms with van der Waals surface area (Å²) in [5.41, 5.74) is 2.15. The molecule has 1 aliphatic heterocycles. The van der Waals surface area contributed by atoms with E-state index in [1.54, 1.807) is 6.20 Å². The van der Waals surface area contributed by atoms with Crippen LogP contribution in [0.2, 0.25) is 0 Å². The zero-order valence-corrected chi connectivity index (χ0v) is 15.8. The van der Waals surface area contributed by atoms with Crippen LogP contribution in [0.1, 0.15) is 43.2 Å². The lowest BCUT2D eigenvalue weighted by Crippen LogP contribution is -2.31. The molecule has 2 N–H and O–H groups in total. The van der Waals surface area contributed by atoms with Crippen molar-refractivity contribution in [2.45, 2.75) is 37.3 Å². The van der Waals surface area contributed by atoms with E-state index >= 15 is 0 Å². The Morgan fingerprint density at radius 2 is 2.15 bits per heavy atom. The van der Waals surface area contributed by atoms with Crippen LogP contribution in [0.15, 0.2) is 46.5 Å². The Labute approximate surface area is 160 Å². The van der Waals surface area contributed by atoms with E-state index in [2.05, 4.69) is 27.2 Å². The van der Waals surface area contributed by atoms with Gasteiger partial charge >= 0.3 is 0 Å². The minimum Gasteiger partial charge on any atom is -0.310 e. The standard InChI is InChI=1S/C20H20N4O2S/c1-2-3-9-27-20-23-18-17(19(26)24-20)14(11-16(25)22-18)12-6-7-15-13(10-12)5-4-8-21-15/h4-8,10,14H,2-3,9,11H2,1H3,(H2,22,23,24,25,26). The van der Waals surface area contributed by atoms with Gasteiger partial charge in [0, 0.05) is 29.7 Å². The van der Waals surface area contributed by atoms with E-state index in [9.17, 15) is 9.59 Å². The van der Waals surface area contributed by atoms with Crippen LogP contribution in [0.4, 0.5) is 5.82 Å². The lowest BCUT2D eigenvalue weighted by molar-refractivity contribution is -0.116. The third-order valence-corrected chi connectivity index (χ3v) is 5.66. The Balaban J connectivity index is 1.75. The second-order valence-electron chi connectivity index (χ2n) is 6.60. The number of fused-ring (bicyclic) bond motifs is 2. The molecule has 1 unspecified atom stereocenters. The summed E-state index contributed by atoms with van der Waals surface area (Å²) < 4.78 is 0. The number of thioether (sulfide) groups is 1. The van der Waals surface area contributed by atoms with Crippen LogP contribution in [0.25, 0.3) is 10.9 Å². The molecule has 6 nitrogen and oxygen atoms in total. The fraction of sp³-hybridized carbons (Fsp3) is 0.300. The van der Waals surface area contributed by atoms with Gasteiger partial charge in [-0.2, -0.15) is 0 Å². The van der Waals surface area contributed by atoms with Crippen LogP contribution in [0.5, 0.6) is 0 Å². The number of H-pyrrole nitrogens is 1. The maximum absolute atomic E-state index is 12.8. The summed E-state index contributed by atoms with van der Waals surface area (Å²) in [6, 6.07) is 9.71. The molecule has 0 aliphatic carbocycles. The number of aromatic amines is 1. The Morgan fingerprint density at radius 1 is 1.26 bits per heavy atom. The van der Waals surface area contributed by atoms with Crippen LogP contribution < -0.4 is 10.9 Å². The summed E-state index contributed by atoms with van der Waals surface area (Å²) in [4.78, 5) is 36.8. The maximum Gasteiger partial charge on any atom is 0.257 e. The molecule has 0 fully saturated rings. The highest BCUT2D eigenvalue weighted by molar-refractivity contribution is 7.99. The molecule has 1 atom stereocenters. The molecule has 2 aromatic heterocycles. The van der Waals surface area contributed by atoms with E-state index in [1.165, 1.54) is 11.8 Å². The molecule has 0 saturated heterocycles. The van der Waals surface area contributed by atoms with Gasteiger partial charge < -0.3 is 10.3 Å². The summed E-state index contributed by atoms with van der Waals surface area (Å²) in [5, 5.41) is 4.31. The highest BCUT2D eigenvalue weighted by Gasteiger charge is 2.31. The average molecular weight is 380 g/mol. The minimum absolute atomic E-state index is 0.124. The summed E-state index contributed by atoms with van der Waals surface area (Å²) in [7, 11) is 0. The van der Waals surface area contributed by atoms with E-state index < -0.39 is 0 Å². The first-order chi connectivity index (χ1) is 13.2. The number of hydrogen-bond donors (Lipinski definition) is 2. The van der Waals surface area contributed by atoms with E-state index in [0.717, 1.165) is 35.1 Å². The average Bonchev–Trinajstić information content (AvgIpc) is 2.67. The van der Waals surface area contributed by atoms with E-state index in [0.29, 0.717) is 16.5 Å². The van der Waals surface area contributed by atoms with Gasteiger partial charge in [-0.3, -0.25) is 14.6 Å². The molecule has 0 radical (unpaired) electrons. The summed E-state index contributed by atoms with van der Waals surface area (Å²) in [5.74, 6) is 0.823. The third kappa shape index (κ3) is 3.60. The van der Waals surface area contributed by atoms with Crippen LogP contribution in [0, 0.1) is 0 Å². The van der Waals surface area contributed by atoms with Gasteiger partial charge in [0.05, 0.1) is 11.1 Å². The first kappa shape index (κ1) is 17.7. The molecule has 4 rings (SSSR count). The van der Waals surface area contributed by atoms with Gasteiger partial charge in [-0.15, -0.1) is 0 Å². The number of carbonyl (C=O) groups is 1. The van der Waals surface area contributed by atoms with Gasteiger partial charge in [0.25, 0.3) is 5.56 Å². The highest BCUT2D eigenvalue weighted by Crippen LogP contribution is 2.35. The van der Waals surface area contributed by atoms with E-state index in [1.807, 2.05) is 30.3 Å². The largest absolute Gasteiger partial charge is 0.310 e. The molecular weight excluding hydrogens is 360 g/mol. The number of amides is 1. The third-order valence-electron chi connectivity index (χ3n) is 4.70. The van der Waals surface area contributed by atoms with Crippen molar-refractivity contribution in [3.63, 3.8) is 0 Å². The smallest absolute Gasteiger partial charge is 0.257 e. The molecule has 1 aromatic carbocycles. The lowest BCUT2D eigenvalue weighted by atomic mass is 9.86. The van der Waals surface area contributed by atoms with Crippen molar-refractivity contribution in [1.82, 2.24) is 15.0 Å². The zero-order chi connectivity index (χ0) is 18.8. The van der Waals surface area contributed by atoms with Gasteiger partial charge in [-0.25, -0.2) is 4.98 Å². The van der Waals surface area contributed by atoms with Crippen molar-refractivity contribution in [3.8, 4) is 0 Å². The first-order valence-corrected chi connectivity index (χ1v) is 10.1. The summed E-state index contributed by atoms with van der Waals surface area (Å²) in [6.45, 7) is 2.12. The van der Waals surface area contributed by atoms with E-state index in [4.69, 9.17) is 0 Å². The molecule has 0 spiro atoms. The van der Waals surface area contributed by atoms with Crippen molar-refractivity contribution >= 4 is 34.4 Å². The Bertz CT molecular complexity index is 1060. The van der Waals surface area contributed by atoms with Gasteiger partial charge in [0.2, 0.25) is 5.91 Å². The number of nitrogens with one attached hydrogen (secondary N) is 2. The molecule has 0 saturated carbocycles. The molecule has 3 heterocycles. The van der Waals surface area contributed by atoms with Crippen molar-refractivity contribution in [2.24, 2.45) is 0 Å². The fourth-order valence-electron chi connectivity index (χ4n) is 3.33. The zero-order valence-electron chi connectivity index (χ0n) is 15.0. The quantitative estimate of drug-likeness (QED) is 0.400. The SMILES string of the molecule is CCCCSc1nc2c(c(=O)[nH]1)C(c1ccc3ncccc3c1)CC(=O)N2. The molecule has 0 bridgehead atoms. The van der Waals surface area contributed by atoms with Crippen molar-refractivity contribution in [3.05, 3.63) is 58.0 Å². The normalized spacial score (nSPS) is 16.2. The number of pyridine rings is 1. The van der Waals surface area contributed by atoms with Gasteiger partial charge in [0.1, 0.15) is 5.82 Å². The number of unbranched alkanes of at least 4 members (excludes halogenated alkanes) is 1. The van der Waals surface area contributed by atoms with Crippen LogP contribution >= 0.6 is 11.8 Å². The Morgan fingerprint density at radius 3 is 3.00 bits per heavy atom. The first-order valence-electron chi connectivity index (χ1n) is 9.07. The van der Waals surface area contributed by atoms with Crippen LogP contribution in [-0.4, -0.2) is 26.6 Å². The molecule has 7 heteroatoms. The van der Waals surface area contributed by atoms with Crippen LogP contribution in [-0.2, 0) is 4.79 Å². The number of nitrogens with zero attached hydrogens (tertiary/aromatic N) is 2. The lowest BCUT2D eigenvalue weighted by Gasteiger charge is -2.24. The molecule has 27 heavy (non-hydrogen) atoms. The minimum atomic E-state index is -0.315. The second kappa shape index (κ2) is 7.52. The highest BCUT2D eigenvalue weighted by atomic mass is 32.2. The molecule has 1 amide bonds. The fourth-order valence-corrected chi connectivity index (χ4v) is 4.27. The van der Waals surface area contributed by atoms with Crippen molar-refractivity contribution < 1.29 is 4.79 Å². The number of aromatic nitrogens is 3. The topological polar surface area (TPSA) is 87.7 Å². The predicted molar refractivity (Wildman–Crippen MR) is 107 cm³/mol.